The summed E-state index contributed by atoms with van der Waals surface area (Å²) in [6.07, 6.45) is 0. The van der Waals surface area contributed by atoms with Crippen molar-refractivity contribution in [3.63, 3.8) is 0 Å². The maximum absolute atomic E-state index is 4.16. The highest BCUT2D eigenvalue weighted by molar-refractivity contribution is 7.77. The summed E-state index contributed by atoms with van der Waals surface area (Å²) in [6.45, 7) is 6.50. The molecule has 0 aromatic carbocycles. The molecule has 1 rings (SSSR count). The summed E-state index contributed by atoms with van der Waals surface area (Å²) < 4.78 is 2.01. The van der Waals surface area contributed by atoms with Gasteiger partial charge in [0.05, 0.1) is 0 Å². The lowest BCUT2D eigenvalue weighted by Crippen LogP contribution is -2.55. The van der Waals surface area contributed by atoms with E-state index in [1.165, 1.54) is 0 Å². The Balaban J connectivity index is 2.04. The van der Waals surface area contributed by atoms with E-state index in [-0.39, 0.29) is 0 Å². The van der Waals surface area contributed by atoms with Crippen LogP contribution in [0.25, 0.3) is 0 Å². The molecule has 0 aromatic rings. The first-order valence-electron chi connectivity index (χ1n) is 3.38. The van der Waals surface area contributed by atoms with Crippen LogP contribution in [0.1, 0.15) is 13.8 Å². The molecule has 9 heavy (non-hydrogen) atoms. The minimum Gasteiger partial charge on any atom is -0.309 e. The molecular formula is C6H14N2S. The van der Waals surface area contributed by atoms with Gasteiger partial charge in [-0.05, 0) is 0 Å². The van der Waals surface area contributed by atoms with Crippen LogP contribution in [0.2, 0.25) is 0 Å². The molecule has 1 heterocycles. The zero-order valence-electron chi connectivity index (χ0n) is 5.96. The summed E-state index contributed by atoms with van der Waals surface area (Å²) in [7, 11) is 0. The first kappa shape index (κ1) is 7.38. The van der Waals surface area contributed by atoms with E-state index in [0.29, 0.717) is 12.1 Å². The van der Waals surface area contributed by atoms with Crippen LogP contribution in [0.15, 0.2) is 0 Å². The molecule has 0 spiro atoms. The van der Waals surface area contributed by atoms with Crippen LogP contribution < -0.4 is 5.32 Å². The van der Waals surface area contributed by atoms with Gasteiger partial charge in [0, 0.05) is 25.2 Å². The van der Waals surface area contributed by atoms with Gasteiger partial charge in [0.2, 0.25) is 0 Å². The van der Waals surface area contributed by atoms with E-state index in [1.807, 2.05) is 4.31 Å². The lowest BCUT2D eigenvalue weighted by molar-refractivity contribution is 0.238. The quantitative estimate of drug-likeness (QED) is 0.552. The molecule has 0 aromatic heterocycles. The van der Waals surface area contributed by atoms with Crippen LogP contribution >= 0.6 is 12.8 Å². The Morgan fingerprint density at radius 1 is 1.56 bits per heavy atom. The number of hydrogen-bond acceptors (Lipinski definition) is 3. The van der Waals surface area contributed by atoms with Crippen molar-refractivity contribution in [2.24, 2.45) is 0 Å². The fraction of sp³-hybridized carbons (Fsp3) is 1.00. The number of thiol groups is 1. The molecule has 1 saturated heterocycles. The summed E-state index contributed by atoms with van der Waals surface area (Å²) in [6, 6.07) is 1.29. The Labute approximate surface area is 62.2 Å². The fourth-order valence-electron chi connectivity index (χ4n) is 1.03. The molecule has 0 atom stereocenters. The molecular weight excluding hydrogens is 132 g/mol. The van der Waals surface area contributed by atoms with Crippen molar-refractivity contribution in [1.29, 1.82) is 0 Å². The monoisotopic (exact) mass is 146 g/mol. The van der Waals surface area contributed by atoms with Crippen molar-refractivity contribution < 1.29 is 0 Å². The second kappa shape index (κ2) is 2.90. The Kier molecular flexibility index (Phi) is 2.38. The van der Waals surface area contributed by atoms with Gasteiger partial charge >= 0.3 is 0 Å². The molecule has 1 N–H and O–H groups in total. The van der Waals surface area contributed by atoms with Crippen LogP contribution in [0.4, 0.5) is 0 Å². The van der Waals surface area contributed by atoms with Crippen LogP contribution in [-0.4, -0.2) is 29.5 Å². The smallest absolute Gasteiger partial charge is 0.0343 e. The SMILES string of the molecule is CC(C)NC1CN(S)C1. The van der Waals surface area contributed by atoms with Crippen LogP contribution in [0.5, 0.6) is 0 Å². The zero-order chi connectivity index (χ0) is 6.85. The molecule has 0 aliphatic carbocycles. The first-order valence-corrected chi connectivity index (χ1v) is 3.78. The third-order valence-corrected chi connectivity index (χ3v) is 1.76. The van der Waals surface area contributed by atoms with Gasteiger partial charge in [-0.25, -0.2) is 0 Å². The summed E-state index contributed by atoms with van der Waals surface area (Å²) >= 11 is 4.16. The van der Waals surface area contributed by atoms with Crippen molar-refractivity contribution in [3.05, 3.63) is 0 Å². The molecule has 2 nitrogen and oxygen atoms in total. The molecule has 0 amide bonds. The Bertz CT molecular complexity index is 89.1. The predicted molar refractivity (Wildman–Crippen MR) is 42.6 cm³/mol. The summed E-state index contributed by atoms with van der Waals surface area (Å²) in [5.41, 5.74) is 0. The van der Waals surface area contributed by atoms with Gasteiger partial charge in [0.1, 0.15) is 0 Å². The molecule has 1 fully saturated rings. The molecule has 0 unspecified atom stereocenters. The van der Waals surface area contributed by atoms with Gasteiger partial charge < -0.3 is 5.32 Å². The van der Waals surface area contributed by atoms with E-state index in [1.54, 1.807) is 0 Å². The Hall–Kier alpha value is 0.270. The van der Waals surface area contributed by atoms with Crippen molar-refractivity contribution >= 4 is 12.8 Å². The topological polar surface area (TPSA) is 15.3 Å². The average Bonchev–Trinajstić information content (AvgIpc) is 1.60. The minimum atomic E-state index is 0.608. The van der Waals surface area contributed by atoms with Crippen molar-refractivity contribution in [3.8, 4) is 0 Å². The standard InChI is InChI=1S/C6H14N2S/c1-5(2)7-6-3-8(9)4-6/h5-7,9H,3-4H2,1-2H3. The van der Waals surface area contributed by atoms with E-state index in [2.05, 4.69) is 32.0 Å². The van der Waals surface area contributed by atoms with Crippen LogP contribution in [0.3, 0.4) is 0 Å². The van der Waals surface area contributed by atoms with Gasteiger partial charge in [-0.2, -0.15) is 0 Å². The number of hydrogen-bond donors (Lipinski definition) is 2. The third kappa shape index (κ3) is 2.16. The Morgan fingerprint density at radius 2 is 2.11 bits per heavy atom. The zero-order valence-corrected chi connectivity index (χ0v) is 6.86. The lowest BCUT2D eigenvalue weighted by atomic mass is 10.1. The second-order valence-electron chi connectivity index (χ2n) is 2.89. The van der Waals surface area contributed by atoms with E-state index in [0.717, 1.165) is 13.1 Å². The van der Waals surface area contributed by atoms with Gasteiger partial charge in [0.15, 0.2) is 0 Å². The lowest BCUT2D eigenvalue weighted by Gasteiger charge is -2.36. The van der Waals surface area contributed by atoms with Gasteiger partial charge in [-0.1, -0.05) is 26.7 Å². The predicted octanol–water partition coefficient (Wildman–Crippen LogP) is 0.513. The highest BCUT2D eigenvalue weighted by Crippen LogP contribution is 2.09. The third-order valence-electron chi connectivity index (χ3n) is 1.43. The van der Waals surface area contributed by atoms with Gasteiger partial charge in [-0.15, -0.1) is 0 Å². The van der Waals surface area contributed by atoms with Gasteiger partial charge in [-0.3, -0.25) is 4.31 Å². The number of nitrogens with one attached hydrogen (secondary N) is 1. The van der Waals surface area contributed by atoms with Crippen molar-refractivity contribution in [2.45, 2.75) is 25.9 Å². The molecule has 1 aliphatic rings. The first-order chi connectivity index (χ1) is 4.18. The van der Waals surface area contributed by atoms with Crippen molar-refractivity contribution in [2.75, 3.05) is 13.1 Å². The highest BCUT2D eigenvalue weighted by Gasteiger charge is 2.23. The summed E-state index contributed by atoms with van der Waals surface area (Å²) in [5, 5.41) is 3.42. The molecule has 0 saturated carbocycles. The largest absolute Gasteiger partial charge is 0.309 e. The van der Waals surface area contributed by atoms with Crippen molar-refractivity contribution in [1.82, 2.24) is 9.62 Å². The molecule has 54 valence electrons. The van der Waals surface area contributed by atoms with E-state index >= 15 is 0 Å². The fourth-order valence-corrected chi connectivity index (χ4v) is 1.43. The molecule has 3 heteroatoms. The maximum Gasteiger partial charge on any atom is 0.0343 e. The summed E-state index contributed by atoms with van der Waals surface area (Å²) in [4.78, 5) is 0. The number of rotatable bonds is 2. The summed E-state index contributed by atoms with van der Waals surface area (Å²) in [5.74, 6) is 0. The van der Waals surface area contributed by atoms with E-state index < -0.39 is 0 Å². The molecule has 1 aliphatic heterocycles. The highest BCUT2D eigenvalue weighted by atomic mass is 32.1. The van der Waals surface area contributed by atoms with Gasteiger partial charge in [0.25, 0.3) is 0 Å². The van der Waals surface area contributed by atoms with E-state index in [9.17, 15) is 0 Å². The maximum atomic E-state index is 4.16. The van der Waals surface area contributed by atoms with Crippen LogP contribution in [0, 0.1) is 0 Å². The average molecular weight is 146 g/mol. The normalized spacial score (nSPS) is 22.7. The van der Waals surface area contributed by atoms with Crippen LogP contribution in [-0.2, 0) is 0 Å². The second-order valence-corrected chi connectivity index (χ2v) is 3.46. The Morgan fingerprint density at radius 3 is 2.44 bits per heavy atom. The molecule has 0 bridgehead atoms. The van der Waals surface area contributed by atoms with E-state index in [4.69, 9.17) is 0 Å². The molecule has 0 radical (unpaired) electrons. The minimum absolute atomic E-state index is 0.608. The number of nitrogens with zero attached hydrogens (tertiary/aromatic N) is 1.